The predicted octanol–water partition coefficient (Wildman–Crippen LogP) is 2.54. The van der Waals surface area contributed by atoms with Crippen molar-refractivity contribution in [2.45, 2.75) is 57.4 Å². The number of hydrogen-bond acceptors (Lipinski definition) is 3. The molecule has 1 N–H and O–H groups in total. The van der Waals surface area contributed by atoms with E-state index in [0.717, 1.165) is 25.3 Å². The van der Waals surface area contributed by atoms with Crippen molar-refractivity contribution in [3.05, 3.63) is 0 Å². The lowest BCUT2D eigenvalue weighted by atomic mass is 10.1. The molecule has 112 valence electrons. The molecular weight excluding hydrogens is 280 g/mol. The maximum atomic E-state index is 12.8. The van der Waals surface area contributed by atoms with Gasteiger partial charge in [-0.2, -0.15) is 0 Å². The smallest absolute Gasteiger partial charge is 0.236 e. The first kappa shape index (κ1) is 17.1. The third-order valence-corrected chi connectivity index (χ3v) is 5.54. The lowest BCUT2D eigenvalue weighted by molar-refractivity contribution is -0.133. The number of hydrogen-bond donors (Lipinski definition) is 1. The second-order valence-electron chi connectivity index (χ2n) is 5.74. The standard InChI is InChI=1S/C14H26N2OS.ClH/c1-4-18-13(10(2)3)14(17)16-11-5-6-12(16)9-15-8-7-11;/h10-13,15H,4-9H2,1-3H3;1H. The lowest BCUT2D eigenvalue weighted by Crippen LogP contribution is -2.47. The van der Waals surface area contributed by atoms with Gasteiger partial charge in [-0.15, -0.1) is 24.2 Å². The number of halogens is 1. The lowest BCUT2D eigenvalue weighted by Gasteiger charge is -2.32. The molecular formula is C14H27ClN2OS. The largest absolute Gasteiger partial charge is 0.334 e. The van der Waals surface area contributed by atoms with Crippen LogP contribution in [0.1, 0.15) is 40.0 Å². The fourth-order valence-corrected chi connectivity index (χ4v) is 4.23. The molecule has 0 aromatic rings. The molecule has 2 rings (SSSR count). The van der Waals surface area contributed by atoms with E-state index in [0.29, 0.717) is 23.9 Å². The van der Waals surface area contributed by atoms with E-state index in [1.54, 1.807) is 0 Å². The highest BCUT2D eigenvalue weighted by Crippen LogP contribution is 2.32. The number of thioether (sulfide) groups is 1. The van der Waals surface area contributed by atoms with Crippen LogP contribution in [0.4, 0.5) is 0 Å². The zero-order valence-corrected chi connectivity index (χ0v) is 13.9. The Labute approximate surface area is 127 Å². The topological polar surface area (TPSA) is 32.3 Å². The van der Waals surface area contributed by atoms with Gasteiger partial charge in [0.15, 0.2) is 0 Å². The number of nitrogens with one attached hydrogen (secondary N) is 1. The SMILES string of the molecule is CCSC(C(=O)N1C2CCNCC1CC2)C(C)C.Cl. The predicted molar refractivity (Wildman–Crippen MR) is 85.1 cm³/mol. The number of nitrogens with zero attached hydrogens (tertiary/aromatic N) is 1. The minimum Gasteiger partial charge on any atom is -0.334 e. The van der Waals surface area contributed by atoms with E-state index in [9.17, 15) is 4.79 Å². The number of amides is 1. The molecule has 0 radical (unpaired) electrons. The molecule has 0 spiro atoms. The van der Waals surface area contributed by atoms with E-state index in [1.807, 2.05) is 11.8 Å². The molecule has 3 atom stereocenters. The Balaban J connectivity index is 0.00000180. The maximum absolute atomic E-state index is 12.8. The van der Waals surface area contributed by atoms with Gasteiger partial charge in [0.05, 0.1) is 5.25 Å². The van der Waals surface area contributed by atoms with Crippen molar-refractivity contribution in [2.24, 2.45) is 5.92 Å². The summed E-state index contributed by atoms with van der Waals surface area (Å²) in [6, 6.07) is 0.944. The number of fused-ring (bicyclic) bond motifs is 2. The zero-order chi connectivity index (χ0) is 13.1. The van der Waals surface area contributed by atoms with Crippen molar-refractivity contribution in [3.63, 3.8) is 0 Å². The van der Waals surface area contributed by atoms with Gasteiger partial charge >= 0.3 is 0 Å². The fraction of sp³-hybridized carbons (Fsp3) is 0.929. The molecule has 19 heavy (non-hydrogen) atoms. The summed E-state index contributed by atoms with van der Waals surface area (Å²) in [6.07, 6.45) is 3.52. The van der Waals surface area contributed by atoms with Gasteiger partial charge in [-0.25, -0.2) is 0 Å². The van der Waals surface area contributed by atoms with Crippen LogP contribution in [0.2, 0.25) is 0 Å². The highest BCUT2D eigenvalue weighted by molar-refractivity contribution is 8.00. The molecule has 3 unspecified atom stereocenters. The van der Waals surface area contributed by atoms with Crippen LogP contribution < -0.4 is 5.32 Å². The van der Waals surface area contributed by atoms with Crippen LogP contribution >= 0.6 is 24.2 Å². The van der Waals surface area contributed by atoms with E-state index < -0.39 is 0 Å². The van der Waals surface area contributed by atoms with Crippen LogP contribution in [0.25, 0.3) is 0 Å². The molecule has 2 bridgehead atoms. The maximum Gasteiger partial charge on any atom is 0.236 e. The molecule has 0 aliphatic carbocycles. The Morgan fingerprint density at radius 1 is 1.32 bits per heavy atom. The second kappa shape index (κ2) is 7.75. The second-order valence-corrected chi connectivity index (χ2v) is 7.16. The number of rotatable bonds is 4. The highest BCUT2D eigenvalue weighted by Gasteiger charge is 2.40. The summed E-state index contributed by atoms with van der Waals surface area (Å²) in [5.41, 5.74) is 0. The van der Waals surface area contributed by atoms with Crippen molar-refractivity contribution in [3.8, 4) is 0 Å². The molecule has 2 aliphatic heterocycles. The Hall–Kier alpha value is 0.0700. The number of carbonyl (C=O) groups is 1. The van der Waals surface area contributed by atoms with E-state index in [1.165, 1.54) is 12.8 Å². The molecule has 5 heteroatoms. The van der Waals surface area contributed by atoms with Crippen LogP contribution in [0.15, 0.2) is 0 Å². The first-order valence-corrected chi connectivity index (χ1v) is 8.34. The van der Waals surface area contributed by atoms with E-state index in [-0.39, 0.29) is 17.7 Å². The molecule has 2 aliphatic rings. The third-order valence-electron chi connectivity index (χ3n) is 4.10. The van der Waals surface area contributed by atoms with Crippen LogP contribution in [0.3, 0.4) is 0 Å². The van der Waals surface area contributed by atoms with Gasteiger partial charge < -0.3 is 10.2 Å². The quantitative estimate of drug-likeness (QED) is 0.866. The summed E-state index contributed by atoms with van der Waals surface area (Å²) in [6.45, 7) is 8.54. The fourth-order valence-electron chi connectivity index (χ4n) is 3.22. The van der Waals surface area contributed by atoms with Crippen LogP contribution in [0, 0.1) is 5.92 Å². The van der Waals surface area contributed by atoms with Crippen LogP contribution in [0.5, 0.6) is 0 Å². The Kier molecular flexibility index (Phi) is 6.98. The Morgan fingerprint density at radius 2 is 2.00 bits per heavy atom. The normalized spacial score (nSPS) is 27.9. The Bertz CT molecular complexity index is 287. The Morgan fingerprint density at radius 3 is 2.63 bits per heavy atom. The molecule has 0 aromatic carbocycles. The summed E-state index contributed by atoms with van der Waals surface area (Å²) in [5.74, 6) is 1.85. The minimum absolute atomic E-state index is 0. The minimum atomic E-state index is 0. The molecule has 2 fully saturated rings. The molecule has 2 heterocycles. The zero-order valence-electron chi connectivity index (χ0n) is 12.2. The summed E-state index contributed by atoms with van der Waals surface area (Å²) in [7, 11) is 0. The van der Waals surface area contributed by atoms with Crippen molar-refractivity contribution < 1.29 is 4.79 Å². The van der Waals surface area contributed by atoms with Gasteiger partial charge in [0.2, 0.25) is 5.91 Å². The van der Waals surface area contributed by atoms with Gasteiger partial charge in [-0.3, -0.25) is 4.79 Å². The summed E-state index contributed by atoms with van der Waals surface area (Å²) >= 11 is 1.81. The van der Waals surface area contributed by atoms with Crippen LogP contribution in [-0.4, -0.2) is 47.0 Å². The third kappa shape index (κ3) is 3.79. The van der Waals surface area contributed by atoms with Crippen molar-refractivity contribution >= 4 is 30.1 Å². The van der Waals surface area contributed by atoms with E-state index in [2.05, 4.69) is 31.0 Å². The van der Waals surface area contributed by atoms with Crippen molar-refractivity contribution in [2.75, 3.05) is 18.8 Å². The first-order chi connectivity index (χ1) is 8.65. The van der Waals surface area contributed by atoms with Gasteiger partial charge in [0, 0.05) is 18.6 Å². The molecule has 2 saturated heterocycles. The van der Waals surface area contributed by atoms with Crippen LogP contribution in [-0.2, 0) is 4.79 Å². The van der Waals surface area contributed by atoms with Gasteiger partial charge in [0.1, 0.15) is 0 Å². The average Bonchev–Trinajstić information content (AvgIpc) is 2.58. The van der Waals surface area contributed by atoms with Gasteiger partial charge in [-0.05, 0) is 37.5 Å². The van der Waals surface area contributed by atoms with Crippen molar-refractivity contribution in [1.29, 1.82) is 0 Å². The molecule has 0 aromatic heterocycles. The van der Waals surface area contributed by atoms with E-state index in [4.69, 9.17) is 0 Å². The average molecular weight is 307 g/mol. The molecule has 1 amide bonds. The monoisotopic (exact) mass is 306 g/mol. The summed E-state index contributed by atoms with van der Waals surface area (Å²) < 4.78 is 0. The van der Waals surface area contributed by atoms with Gasteiger partial charge in [-0.1, -0.05) is 20.8 Å². The first-order valence-electron chi connectivity index (χ1n) is 7.29. The summed E-state index contributed by atoms with van der Waals surface area (Å²) in [4.78, 5) is 15.1. The van der Waals surface area contributed by atoms with E-state index >= 15 is 0 Å². The molecule has 3 nitrogen and oxygen atoms in total. The molecule has 0 saturated carbocycles. The van der Waals surface area contributed by atoms with Gasteiger partial charge in [0.25, 0.3) is 0 Å². The van der Waals surface area contributed by atoms with Crippen molar-refractivity contribution in [1.82, 2.24) is 10.2 Å². The number of carbonyl (C=O) groups excluding carboxylic acids is 1. The highest BCUT2D eigenvalue weighted by atomic mass is 35.5. The summed E-state index contributed by atoms with van der Waals surface area (Å²) in [5, 5.41) is 3.61.